The molecule has 0 radical (unpaired) electrons. The van der Waals surface area contributed by atoms with Crippen LogP contribution in [-0.2, 0) is 10.2 Å². The third kappa shape index (κ3) is 2.56. The summed E-state index contributed by atoms with van der Waals surface area (Å²) in [6, 6.07) is 13.6. The van der Waals surface area contributed by atoms with Crippen molar-refractivity contribution in [2.75, 3.05) is 5.32 Å². The van der Waals surface area contributed by atoms with Crippen LogP contribution >= 0.6 is 11.6 Å². The van der Waals surface area contributed by atoms with E-state index in [4.69, 9.17) is 11.6 Å². The lowest BCUT2D eigenvalue weighted by Gasteiger charge is -2.17. The van der Waals surface area contributed by atoms with Crippen LogP contribution in [-0.4, -0.2) is 5.91 Å². The van der Waals surface area contributed by atoms with E-state index in [2.05, 4.69) is 18.3 Å². The standard InChI is InChI=1S/C18H18ClNO/c1-12-4-3-5-16(13(12)2)20-17(21)18(10-11-18)14-6-8-15(19)9-7-14/h3-9H,10-11H2,1-2H3,(H,20,21). The first kappa shape index (κ1) is 14.2. The summed E-state index contributed by atoms with van der Waals surface area (Å²) in [5.74, 6) is 0.0820. The van der Waals surface area contributed by atoms with E-state index in [1.54, 1.807) is 0 Å². The molecule has 2 aromatic carbocycles. The van der Waals surface area contributed by atoms with Crippen LogP contribution in [0.25, 0.3) is 0 Å². The van der Waals surface area contributed by atoms with Crippen LogP contribution in [0.5, 0.6) is 0 Å². The Morgan fingerprint density at radius 1 is 1.10 bits per heavy atom. The molecule has 1 saturated carbocycles. The van der Waals surface area contributed by atoms with Crippen molar-refractivity contribution in [1.82, 2.24) is 0 Å². The zero-order chi connectivity index (χ0) is 15.0. The molecule has 21 heavy (non-hydrogen) atoms. The van der Waals surface area contributed by atoms with Gasteiger partial charge in [0.15, 0.2) is 0 Å². The lowest BCUT2D eigenvalue weighted by molar-refractivity contribution is -0.118. The van der Waals surface area contributed by atoms with Crippen LogP contribution in [0.15, 0.2) is 42.5 Å². The zero-order valence-electron chi connectivity index (χ0n) is 12.2. The SMILES string of the molecule is Cc1cccc(NC(=O)C2(c3ccc(Cl)cc3)CC2)c1C. The molecule has 1 aliphatic rings. The smallest absolute Gasteiger partial charge is 0.235 e. The summed E-state index contributed by atoms with van der Waals surface area (Å²) in [5.41, 5.74) is 3.89. The van der Waals surface area contributed by atoms with Crippen LogP contribution in [0.2, 0.25) is 5.02 Å². The Balaban J connectivity index is 1.85. The van der Waals surface area contributed by atoms with E-state index in [1.165, 1.54) is 5.56 Å². The van der Waals surface area contributed by atoms with Gasteiger partial charge in [0.2, 0.25) is 5.91 Å². The van der Waals surface area contributed by atoms with E-state index in [-0.39, 0.29) is 11.3 Å². The molecule has 1 amide bonds. The molecule has 3 heteroatoms. The average molecular weight is 300 g/mol. The van der Waals surface area contributed by atoms with Crippen molar-refractivity contribution in [2.45, 2.75) is 32.1 Å². The second kappa shape index (κ2) is 5.19. The number of hydrogen-bond acceptors (Lipinski definition) is 1. The van der Waals surface area contributed by atoms with Gasteiger partial charge in [-0.05, 0) is 61.6 Å². The first-order valence-corrected chi connectivity index (χ1v) is 7.54. The van der Waals surface area contributed by atoms with Crippen molar-refractivity contribution in [1.29, 1.82) is 0 Å². The summed E-state index contributed by atoms with van der Waals surface area (Å²) in [6.07, 6.45) is 1.79. The molecule has 3 rings (SSSR count). The van der Waals surface area contributed by atoms with Crippen molar-refractivity contribution in [3.8, 4) is 0 Å². The summed E-state index contributed by atoms with van der Waals surface area (Å²) < 4.78 is 0. The van der Waals surface area contributed by atoms with Gasteiger partial charge >= 0.3 is 0 Å². The van der Waals surface area contributed by atoms with E-state index in [0.29, 0.717) is 5.02 Å². The minimum atomic E-state index is -0.374. The average Bonchev–Trinajstić information content (AvgIpc) is 3.26. The molecule has 0 bridgehead atoms. The summed E-state index contributed by atoms with van der Waals surface area (Å²) in [7, 11) is 0. The molecular weight excluding hydrogens is 282 g/mol. The first-order chi connectivity index (χ1) is 10.0. The van der Waals surface area contributed by atoms with E-state index >= 15 is 0 Å². The van der Waals surface area contributed by atoms with Crippen molar-refractivity contribution in [3.63, 3.8) is 0 Å². The number of anilines is 1. The number of halogens is 1. The number of rotatable bonds is 3. The third-order valence-corrected chi connectivity index (χ3v) is 4.69. The molecule has 2 aromatic rings. The number of carbonyl (C=O) groups is 1. The molecule has 108 valence electrons. The third-order valence-electron chi connectivity index (χ3n) is 4.43. The van der Waals surface area contributed by atoms with Crippen LogP contribution in [0, 0.1) is 13.8 Å². The number of benzene rings is 2. The predicted octanol–water partition coefficient (Wildman–Crippen LogP) is 4.63. The maximum absolute atomic E-state index is 12.7. The van der Waals surface area contributed by atoms with Crippen molar-refractivity contribution >= 4 is 23.2 Å². The van der Waals surface area contributed by atoms with Gasteiger partial charge in [0.1, 0.15) is 0 Å². The summed E-state index contributed by atoms with van der Waals surface area (Å²) >= 11 is 5.93. The molecule has 1 aliphatic carbocycles. The first-order valence-electron chi connectivity index (χ1n) is 7.17. The summed E-state index contributed by atoms with van der Waals surface area (Å²) in [5, 5.41) is 3.79. The number of hydrogen-bond donors (Lipinski definition) is 1. The highest BCUT2D eigenvalue weighted by molar-refractivity contribution is 6.30. The molecule has 1 fully saturated rings. The molecule has 0 atom stereocenters. The highest BCUT2D eigenvalue weighted by atomic mass is 35.5. The molecule has 0 aromatic heterocycles. The number of carbonyl (C=O) groups excluding carboxylic acids is 1. The van der Waals surface area contributed by atoms with Gasteiger partial charge < -0.3 is 5.32 Å². The van der Waals surface area contributed by atoms with Gasteiger partial charge in [-0.15, -0.1) is 0 Å². The molecule has 0 unspecified atom stereocenters. The van der Waals surface area contributed by atoms with Gasteiger partial charge in [-0.25, -0.2) is 0 Å². The Kier molecular flexibility index (Phi) is 3.50. The van der Waals surface area contributed by atoms with E-state index in [1.807, 2.05) is 43.3 Å². The number of amides is 1. The monoisotopic (exact) mass is 299 g/mol. The van der Waals surface area contributed by atoms with Crippen LogP contribution < -0.4 is 5.32 Å². The summed E-state index contributed by atoms with van der Waals surface area (Å²) in [4.78, 5) is 12.7. The van der Waals surface area contributed by atoms with Crippen molar-refractivity contribution in [2.24, 2.45) is 0 Å². The van der Waals surface area contributed by atoms with E-state index in [9.17, 15) is 4.79 Å². The van der Waals surface area contributed by atoms with Crippen molar-refractivity contribution in [3.05, 3.63) is 64.2 Å². The second-order valence-electron chi connectivity index (χ2n) is 5.79. The Hall–Kier alpha value is -1.80. The molecule has 2 nitrogen and oxygen atoms in total. The number of aryl methyl sites for hydroxylation is 1. The highest BCUT2D eigenvalue weighted by Crippen LogP contribution is 2.49. The van der Waals surface area contributed by atoms with Gasteiger partial charge in [-0.3, -0.25) is 4.79 Å². The molecule has 0 saturated heterocycles. The largest absolute Gasteiger partial charge is 0.325 e. The lowest BCUT2D eigenvalue weighted by Crippen LogP contribution is -2.28. The number of nitrogens with one attached hydrogen (secondary N) is 1. The fourth-order valence-corrected chi connectivity index (χ4v) is 2.80. The Labute approximate surface area is 130 Å². The zero-order valence-corrected chi connectivity index (χ0v) is 13.0. The predicted molar refractivity (Wildman–Crippen MR) is 86.9 cm³/mol. The fourth-order valence-electron chi connectivity index (χ4n) is 2.67. The Morgan fingerprint density at radius 3 is 2.38 bits per heavy atom. The topological polar surface area (TPSA) is 29.1 Å². The van der Waals surface area contributed by atoms with Crippen LogP contribution in [0.3, 0.4) is 0 Å². The highest BCUT2D eigenvalue weighted by Gasteiger charge is 2.51. The van der Waals surface area contributed by atoms with Gasteiger partial charge in [-0.2, -0.15) is 0 Å². The Bertz CT molecular complexity index is 687. The summed E-state index contributed by atoms with van der Waals surface area (Å²) in [6.45, 7) is 4.09. The molecular formula is C18H18ClNO. The quantitative estimate of drug-likeness (QED) is 0.880. The molecule has 1 N–H and O–H groups in total. The van der Waals surface area contributed by atoms with E-state index in [0.717, 1.165) is 29.7 Å². The molecule has 0 spiro atoms. The van der Waals surface area contributed by atoms with Gasteiger partial charge in [0.25, 0.3) is 0 Å². The Morgan fingerprint density at radius 2 is 1.76 bits per heavy atom. The minimum Gasteiger partial charge on any atom is -0.325 e. The maximum atomic E-state index is 12.7. The lowest BCUT2D eigenvalue weighted by atomic mass is 9.94. The fraction of sp³-hybridized carbons (Fsp3) is 0.278. The van der Waals surface area contributed by atoms with Gasteiger partial charge in [0.05, 0.1) is 5.41 Å². The second-order valence-corrected chi connectivity index (χ2v) is 6.23. The van der Waals surface area contributed by atoms with Crippen molar-refractivity contribution < 1.29 is 4.79 Å². The van der Waals surface area contributed by atoms with Gasteiger partial charge in [-0.1, -0.05) is 35.9 Å². The molecule has 0 heterocycles. The maximum Gasteiger partial charge on any atom is 0.235 e. The van der Waals surface area contributed by atoms with Crippen LogP contribution in [0.4, 0.5) is 5.69 Å². The normalized spacial score (nSPS) is 15.6. The molecule has 0 aliphatic heterocycles. The van der Waals surface area contributed by atoms with Gasteiger partial charge in [0, 0.05) is 10.7 Å². The van der Waals surface area contributed by atoms with Crippen LogP contribution in [0.1, 0.15) is 29.5 Å². The van der Waals surface area contributed by atoms with E-state index < -0.39 is 0 Å². The minimum absolute atomic E-state index is 0.0820.